The van der Waals surface area contributed by atoms with Crippen molar-refractivity contribution in [2.45, 2.75) is 19.4 Å². The molecule has 0 spiro atoms. The molecule has 0 amide bonds. The Morgan fingerprint density at radius 1 is 1.65 bits per heavy atom. The highest BCUT2D eigenvalue weighted by Crippen LogP contribution is 2.29. The molecule has 17 heavy (non-hydrogen) atoms. The van der Waals surface area contributed by atoms with Crippen LogP contribution in [0.2, 0.25) is 0 Å². The van der Waals surface area contributed by atoms with Crippen molar-refractivity contribution >= 4 is 5.69 Å². The van der Waals surface area contributed by atoms with Crippen molar-refractivity contribution < 1.29 is 14.8 Å². The van der Waals surface area contributed by atoms with Crippen molar-refractivity contribution in [3.63, 3.8) is 0 Å². The summed E-state index contributed by atoms with van der Waals surface area (Å²) in [7, 11) is 0. The second-order valence-corrected chi connectivity index (χ2v) is 3.58. The average molecular weight is 237 g/mol. The number of hydrogen-bond acceptors (Lipinski definition) is 4. The van der Waals surface area contributed by atoms with Crippen LogP contribution in [0.5, 0.6) is 5.75 Å². The third-order valence-electron chi connectivity index (χ3n) is 2.23. The summed E-state index contributed by atoms with van der Waals surface area (Å²) >= 11 is 0. The van der Waals surface area contributed by atoms with E-state index in [1.165, 1.54) is 18.2 Å². The Hall–Kier alpha value is -1.88. The lowest BCUT2D eigenvalue weighted by molar-refractivity contribution is -0.385. The zero-order valence-corrected chi connectivity index (χ0v) is 9.63. The van der Waals surface area contributed by atoms with E-state index in [1.807, 2.05) is 0 Å². The monoisotopic (exact) mass is 237 g/mol. The van der Waals surface area contributed by atoms with Gasteiger partial charge in [-0.15, -0.1) is 6.58 Å². The van der Waals surface area contributed by atoms with Gasteiger partial charge in [0.1, 0.15) is 5.75 Å². The fraction of sp³-hybridized carbons (Fsp3) is 0.333. The SMILES string of the molecule is C=CCCOc1ccc([N+](=O)[O-])cc1C(C)O. The summed E-state index contributed by atoms with van der Waals surface area (Å²) in [6.07, 6.45) is 1.58. The number of rotatable bonds is 6. The van der Waals surface area contributed by atoms with Gasteiger partial charge < -0.3 is 9.84 Å². The predicted octanol–water partition coefficient (Wildman–Crippen LogP) is 2.60. The van der Waals surface area contributed by atoms with Crippen LogP contribution in [0.4, 0.5) is 5.69 Å². The van der Waals surface area contributed by atoms with Gasteiger partial charge in [0.15, 0.2) is 0 Å². The van der Waals surface area contributed by atoms with Gasteiger partial charge in [-0.2, -0.15) is 0 Å². The minimum atomic E-state index is -0.811. The third kappa shape index (κ3) is 3.57. The van der Waals surface area contributed by atoms with Crippen LogP contribution in [-0.2, 0) is 0 Å². The van der Waals surface area contributed by atoms with E-state index in [9.17, 15) is 15.2 Å². The minimum Gasteiger partial charge on any atom is -0.493 e. The first kappa shape index (κ1) is 13.2. The van der Waals surface area contributed by atoms with Gasteiger partial charge >= 0.3 is 0 Å². The maximum absolute atomic E-state index is 10.6. The van der Waals surface area contributed by atoms with Crippen molar-refractivity contribution in [1.82, 2.24) is 0 Å². The molecule has 1 atom stereocenters. The normalized spacial score (nSPS) is 11.9. The number of benzene rings is 1. The fourth-order valence-corrected chi connectivity index (χ4v) is 1.36. The van der Waals surface area contributed by atoms with Gasteiger partial charge in [-0.3, -0.25) is 10.1 Å². The van der Waals surface area contributed by atoms with Gasteiger partial charge in [0.25, 0.3) is 5.69 Å². The molecule has 0 heterocycles. The molecule has 1 N–H and O–H groups in total. The number of nitro benzene ring substituents is 1. The lowest BCUT2D eigenvalue weighted by Gasteiger charge is -2.12. The standard InChI is InChI=1S/C12H15NO4/c1-3-4-7-17-12-6-5-10(13(15)16)8-11(12)9(2)14/h3,5-6,8-9,14H,1,4,7H2,2H3. The zero-order chi connectivity index (χ0) is 12.8. The number of hydrogen-bond donors (Lipinski definition) is 1. The van der Waals surface area contributed by atoms with Crippen molar-refractivity contribution in [2.75, 3.05) is 6.61 Å². The molecule has 92 valence electrons. The lowest BCUT2D eigenvalue weighted by Crippen LogP contribution is -2.02. The maximum Gasteiger partial charge on any atom is 0.270 e. The summed E-state index contributed by atoms with van der Waals surface area (Å²) < 4.78 is 5.42. The van der Waals surface area contributed by atoms with Gasteiger partial charge in [-0.1, -0.05) is 6.08 Å². The molecule has 1 unspecified atom stereocenters. The highest BCUT2D eigenvalue weighted by molar-refractivity contribution is 5.44. The predicted molar refractivity (Wildman–Crippen MR) is 64.0 cm³/mol. The molecule has 0 saturated heterocycles. The van der Waals surface area contributed by atoms with E-state index in [0.717, 1.165) is 0 Å². The van der Waals surface area contributed by atoms with Crippen LogP contribution >= 0.6 is 0 Å². The first-order valence-electron chi connectivity index (χ1n) is 5.26. The average Bonchev–Trinajstić information content (AvgIpc) is 2.29. The molecule has 0 aliphatic heterocycles. The highest BCUT2D eigenvalue weighted by Gasteiger charge is 2.15. The lowest BCUT2D eigenvalue weighted by atomic mass is 10.1. The van der Waals surface area contributed by atoms with Crippen LogP contribution in [0.3, 0.4) is 0 Å². The van der Waals surface area contributed by atoms with Gasteiger partial charge in [0.2, 0.25) is 0 Å². The van der Waals surface area contributed by atoms with E-state index in [-0.39, 0.29) is 5.69 Å². The summed E-state index contributed by atoms with van der Waals surface area (Å²) in [6.45, 7) is 5.54. The molecule has 1 aromatic rings. The van der Waals surface area contributed by atoms with Crippen molar-refractivity contribution in [1.29, 1.82) is 0 Å². The second kappa shape index (κ2) is 6.00. The molecule has 1 rings (SSSR count). The van der Waals surface area contributed by atoms with E-state index < -0.39 is 11.0 Å². The number of nitro groups is 1. The van der Waals surface area contributed by atoms with Crippen molar-refractivity contribution in [3.8, 4) is 5.75 Å². The first-order valence-corrected chi connectivity index (χ1v) is 5.26. The summed E-state index contributed by atoms with van der Waals surface area (Å²) in [5, 5.41) is 20.2. The second-order valence-electron chi connectivity index (χ2n) is 3.58. The molecule has 0 radical (unpaired) electrons. The minimum absolute atomic E-state index is 0.0584. The van der Waals surface area contributed by atoms with E-state index in [0.29, 0.717) is 24.3 Å². The maximum atomic E-state index is 10.6. The molecule has 1 aromatic carbocycles. The quantitative estimate of drug-likeness (QED) is 0.357. The smallest absolute Gasteiger partial charge is 0.270 e. The molecule has 0 aliphatic carbocycles. The number of aliphatic hydroxyl groups excluding tert-OH is 1. The van der Waals surface area contributed by atoms with Crippen molar-refractivity contribution in [3.05, 3.63) is 46.5 Å². The molecule has 0 aliphatic rings. The first-order chi connectivity index (χ1) is 8.06. The molecule has 0 aromatic heterocycles. The van der Waals surface area contributed by atoms with Gasteiger partial charge in [0, 0.05) is 17.7 Å². The molecule has 0 saturated carbocycles. The van der Waals surface area contributed by atoms with E-state index in [2.05, 4.69) is 6.58 Å². The summed E-state index contributed by atoms with van der Waals surface area (Å²) in [4.78, 5) is 10.1. The molecular weight excluding hydrogens is 222 g/mol. The fourth-order valence-electron chi connectivity index (χ4n) is 1.36. The Labute approximate surface area is 99.5 Å². The summed E-state index contributed by atoms with van der Waals surface area (Å²) in [6, 6.07) is 4.19. The summed E-state index contributed by atoms with van der Waals surface area (Å²) in [5.74, 6) is 0.465. The van der Waals surface area contributed by atoms with Crippen molar-refractivity contribution in [2.24, 2.45) is 0 Å². The van der Waals surface area contributed by atoms with Crippen LogP contribution in [0, 0.1) is 10.1 Å². The topological polar surface area (TPSA) is 72.6 Å². The molecule has 5 heteroatoms. The number of nitrogens with zero attached hydrogens (tertiary/aromatic N) is 1. The number of ether oxygens (including phenoxy) is 1. The van der Waals surface area contributed by atoms with Crippen LogP contribution < -0.4 is 4.74 Å². The highest BCUT2D eigenvalue weighted by atomic mass is 16.6. The number of aliphatic hydroxyl groups is 1. The largest absolute Gasteiger partial charge is 0.493 e. The Balaban J connectivity index is 2.96. The Morgan fingerprint density at radius 3 is 2.88 bits per heavy atom. The molecule has 0 fully saturated rings. The molecular formula is C12H15NO4. The number of non-ortho nitro benzene ring substituents is 1. The van der Waals surface area contributed by atoms with E-state index in [4.69, 9.17) is 4.74 Å². The van der Waals surface area contributed by atoms with Crippen LogP contribution in [-0.4, -0.2) is 16.6 Å². The zero-order valence-electron chi connectivity index (χ0n) is 9.63. The Bertz CT molecular complexity index is 415. The van der Waals surface area contributed by atoms with E-state index in [1.54, 1.807) is 13.0 Å². The van der Waals surface area contributed by atoms with Gasteiger partial charge in [-0.25, -0.2) is 0 Å². The van der Waals surface area contributed by atoms with Crippen LogP contribution in [0.15, 0.2) is 30.9 Å². The van der Waals surface area contributed by atoms with Gasteiger partial charge in [0.05, 0.1) is 17.6 Å². The van der Waals surface area contributed by atoms with Crippen LogP contribution in [0.1, 0.15) is 25.0 Å². The Morgan fingerprint density at radius 2 is 2.35 bits per heavy atom. The molecule has 5 nitrogen and oxygen atoms in total. The van der Waals surface area contributed by atoms with Gasteiger partial charge in [-0.05, 0) is 19.4 Å². The van der Waals surface area contributed by atoms with Crippen LogP contribution in [0.25, 0.3) is 0 Å². The Kier molecular flexibility index (Phi) is 4.66. The summed E-state index contributed by atoms with van der Waals surface area (Å²) in [5.41, 5.74) is 0.361. The third-order valence-corrected chi connectivity index (χ3v) is 2.23. The molecule has 0 bridgehead atoms. The van der Waals surface area contributed by atoms with E-state index >= 15 is 0 Å².